The van der Waals surface area contributed by atoms with Crippen molar-refractivity contribution in [1.82, 2.24) is 0 Å². The number of anilines is 1. The van der Waals surface area contributed by atoms with Gasteiger partial charge in [0.2, 0.25) is 6.10 Å². The van der Waals surface area contributed by atoms with Crippen LogP contribution in [0.5, 0.6) is 5.75 Å². The number of carbonyl (C=O) groups excluding carboxylic acids is 2. The van der Waals surface area contributed by atoms with Crippen LogP contribution in [0.4, 0.5) is 10.1 Å². The van der Waals surface area contributed by atoms with Gasteiger partial charge in [0.25, 0.3) is 5.91 Å². The normalized spacial score (nSPS) is 16.3. The Morgan fingerprint density at radius 1 is 1.17 bits per heavy atom. The molecular weight excluding hydrogens is 301 g/mol. The van der Waals surface area contributed by atoms with E-state index in [1.165, 1.54) is 36.3 Å². The zero-order valence-corrected chi connectivity index (χ0v) is 12.4. The van der Waals surface area contributed by atoms with Crippen molar-refractivity contribution in [3.63, 3.8) is 0 Å². The van der Waals surface area contributed by atoms with Crippen LogP contribution in [-0.2, 0) is 9.53 Å². The summed E-state index contributed by atoms with van der Waals surface area (Å²) in [5, 5.41) is 0. The van der Waals surface area contributed by atoms with Gasteiger partial charge in [0.15, 0.2) is 0 Å². The van der Waals surface area contributed by atoms with Gasteiger partial charge >= 0.3 is 5.97 Å². The molecule has 0 fully saturated rings. The Morgan fingerprint density at radius 3 is 2.57 bits per heavy atom. The third-order valence-corrected chi connectivity index (χ3v) is 3.57. The number of amides is 1. The Balaban J connectivity index is 1.97. The monoisotopic (exact) mass is 315 g/mol. The van der Waals surface area contributed by atoms with Crippen molar-refractivity contribution in [2.24, 2.45) is 0 Å². The number of methoxy groups -OCH3 is 1. The minimum Gasteiger partial charge on any atom is -0.475 e. The van der Waals surface area contributed by atoms with E-state index in [0.717, 1.165) is 0 Å². The minimum absolute atomic E-state index is 0.0277. The number of halogens is 1. The molecule has 0 aliphatic carbocycles. The number of benzene rings is 2. The lowest BCUT2D eigenvalue weighted by atomic mass is 10.1. The number of carbonyl (C=O) groups is 2. The number of hydrogen-bond donors (Lipinski definition) is 0. The second kappa shape index (κ2) is 6.08. The number of esters is 1. The van der Waals surface area contributed by atoms with E-state index in [0.29, 0.717) is 17.0 Å². The first-order chi connectivity index (χ1) is 11.1. The van der Waals surface area contributed by atoms with Crippen LogP contribution in [0.25, 0.3) is 0 Å². The average molecular weight is 315 g/mol. The fourth-order valence-electron chi connectivity index (χ4n) is 2.43. The Labute approximate surface area is 132 Å². The quantitative estimate of drug-likeness (QED) is 0.799. The third-order valence-electron chi connectivity index (χ3n) is 3.57. The summed E-state index contributed by atoms with van der Waals surface area (Å²) in [5.74, 6) is -0.896. The van der Waals surface area contributed by atoms with E-state index in [1.807, 2.05) is 0 Å². The molecule has 2 aromatic rings. The van der Waals surface area contributed by atoms with Crippen LogP contribution in [0.1, 0.15) is 10.4 Å². The summed E-state index contributed by atoms with van der Waals surface area (Å²) in [4.78, 5) is 26.0. The van der Waals surface area contributed by atoms with Crippen molar-refractivity contribution in [3.05, 3.63) is 59.9 Å². The predicted octanol–water partition coefficient (Wildman–Crippen LogP) is 2.41. The number of nitrogens with zero attached hydrogens (tertiary/aromatic N) is 1. The molecule has 3 rings (SSSR count). The van der Waals surface area contributed by atoms with Crippen molar-refractivity contribution in [3.8, 4) is 5.75 Å². The third kappa shape index (κ3) is 2.88. The van der Waals surface area contributed by atoms with Gasteiger partial charge in [-0.25, -0.2) is 9.18 Å². The van der Waals surface area contributed by atoms with Crippen molar-refractivity contribution in [1.29, 1.82) is 0 Å². The molecule has 0 N–H and O–H groups in total. The van der Waals surface area contributed by atoms with Gasteiger partial charge in [-0.05, 0) is 36.4 Å². The maximum atomic E-state index is 13.0. The van der Waals surface area contributed by atoms with E-state index in [2.05, 4.69) is 0 Å². The van der Waals surface area contributed by atoms with Gasteiger partial charge in [-0.3, -0.25) is 4.79 Å². The van der Waals surface area contributed by atoms with Crippen molar-refractivity contribution < 1.29 is 23.5 Å². The molecule has 1 atom stereocenters. The van der Waals surface area contributed by atoms with Crippen molar-refractivity contribution >= 4 is 17.6 Å². The molecule has 0 aromatic heterocycles. The summed E-state index contributed by atoms with van der Waals surface area (Å²) in [7, 11) is 1.26. The number of ether oxygens (including phenoxy) is 2. The SMILES string of the molecule is COC(=O)[C@H]1CN(C(=O)c2ccc(F)cc2)c2ccccc2O1. The molecule has 1 aliphatic heterocycles. The van der Waals surface area contributed by atoms with Crippen LogP contribution in [0, 0.1) is 5.82 Å². The first-order valence-electron chi connectivity index (χ1n) is 7.01. The fourth-order valence-corrected chi connectivity index (χ4v) is 2.43. The summed E-state index contributed by atoms with van der Waals surface area (Å²) >= 11 is 0. The predicted molar refractivity (Wildman–Crippen MR) is 81.0 cm³/mol. The van der Waals surface area contributed by atoms with E-state index < -0.39 is 17.9 Å². The largest absolute Gasteiger partial charge is 0.475 e. The number of para-hydroxylation sites is 2. The fraction of sp³-hybridized carbons (Fsp3) is 0.176. The van der Waals surface area contributed by atoms with E-state index in [-0.39, 0.29) is 12.5 Å². The summed E-state index contributed by atoms with van der Waals surface area (Å²) in [6, 6.07) is 12.2. The topological polar surface area (TPSA) is 55.8 Å². The maximum Gasteiger partial charge on any atom is 0.348 e. The molecule has 0 saturated carbocycles. The Kier molecular flexibility index (Phi) is 3.97. The van der Waals surface area contributed by atoms with Gasteiger partial charge in [0, 0.05) is 5.56 Å². The van der Waals surface area contributed by atoms with Gasteiger partial charge in [0.05, 0.1) is 19.3 Å². The Hall–Kier alpha value is -2.89. The lowest BCUT2D eigenvalue weighted by Gasteiger charge is -2.33. The highest BCUT2D eigenvalue weighted by Crippen LogP contribution is 2.34. The maximum absolute atomic E-state index is 13.0. The number of hydrogen-bond acceptors (Lipinski definition) is 4. The van der Waals surface area contributed by atoms with Crippen molar-refractivity contribution in [2.75, 3.05) is 18.6 Å². The van der Waals surface area contributed by atoms with E-state index in [4.69, 9.17) is 9.47 Å². The van der Waals surface area contributed by atoms with Gasteiger partial charge in [-0.15, -0.1) is 0 Å². The second-order valence-electron chi connectivity index (χ2n) is 5.02. The van der Waals surface area contributed by atoms with E-state index in [1.54, 1.807) is 24.3 Å². The highest BCUT2D eigenvalue weighted by Gasteiger charge is 2.34. The number of fused-ring (bicyclic) bond motifs is 1. The standard InChI is InChI=1S/C17H14FNO4/c1-22-17(21)15-10-19(13-4-2-3-5-14(13)23-15)16(20)11-6-8-12(18)9-7-11/h2-9,15H,10H2,1H3/t15-/m1/s1. The Morgan fingerprint density at radius 2 is 1.87 bits per heavy atom. The molecule has 6 heteroatoms. The molecular formula is C17H14FNO4. The van der Waals surface area contributed by atoms with Crippen LogP contribution in [-0.4, -0.2) is 31.6 Å². The zero-order chi connectivity index (χ0) is 16.4. The zero-order valence-electron chi connectivity index (χ0n) is 12.4. The molecule has 1 heterocycles. The molecule has 0 unspecified atom stereocenters. The highest BCUT2D eigenvalue weighted by atomic mass is 19.1. The van der Waals surface area contributed by atoms with Crippen LogP contribution < -0.4 is 9.64 Å². The Bertz CT molecular complexity index is 745. The molecule has 0 spiro atoms. The van der Waals surface area contributed by atoms with Gasteiger partial charge in [-0.1, -0.05) is 12.1 Å². The summed E-state index contributed by atoms with van der Waals surface area (Å²) < 4.78 is 23.3. The summed E-state index contributed by atoms with van der Waals surface area (Å²) in [6.45, 7) is 0.0277. The average Bonchev–Trinajstić information content (AvgIpc) is 2.60. The molecule has 23 heavy (non-hydrogen) atoms. The van der Waals surface area contributed by atoms with Crippen LogP contribution in [0.2, 0.25) is 0 Å². The van der Waals surface area contributed by atoms with Crippen LogP contribution in [0.15, 0.2) is 48.5 Å². The molecule has 2 aromatic carbocycles. The van der Waals surface area contributed by atoms with Crippen LogP contribution >= 0.6 is 0 Å². The smallest absolute Gasteiger partial charge is 0.348 e. The van der Waals surface area contributed by atoms with E-state index in [9.17, 15) is 14.0 Å². The van der Waals surface area contributed by atoms with Crippen molar-refractivity contribution in [2.45, 2.75) is 6.10 Å². The highest BCUT2D eigenvalue weighted by molar-refractivity contribution is 6.07. The lowest BCUT2D eigenvalue weighted by molar-refractivity contribution is -0.148. The molecule has 1 aliphatic rings. The molecule has 5 nitrogen and oxygen atoms in total. The first kappa shape index (κ1) is 15.0. The molecule has 118 valence electrons. The molecule has 1 amide bonds. The van der Waals surface area contributed by atoms with E-state index >= 15 is 0 Å². The molecule has 0 bridgehead atoms. The number of rotatable bonds is 2. The second-order valence-corrected chi connectivity index (χ2v) is 5.02. The lowest BCUT2D eigenvalue weighted by Crippen LogP contribution is -2.47. The molecule has 0 radical (unpaired) electrons. The van der Waals surface area contributed by atoms with Crippen LogP contribution in [0.3, 0.4) is 0 Å². The van der Waals surface area contributed by atoms with Gasteiger partial charge in [0.1, 0.15) is 11.6 Å². The summed E-state index contributed by atoms with van der Waals surface area (Å²) in [5.41, 5.74) is 0.883. The van der Waals surface area contributed by atoms with Gasteiger partial charge < -0.3 is 14.4 Å². The van der Waals surface area contributed by atoms with Gasteiger partial charge in [-0.2, -0.15) is 0 Å². The first-order valence-corrected chi connectivity index (χ1v) is 7.01. The summed E-state index contributed by atoms with van der Waals surface area (Å²) in [6.07, 6.45) is -0.903. The minimum atomic E-state index is -0.903. The molecule has 0 saturated heterocycles.